The lowest BCUT2D eigenvalue weighted by molar-refractivity contribution is -0.176. The minimum absolute atomic E-state index is 0.267. The van der Waals surface area contributed by atoms with Crippen LogP contribution < -0.4 is 16.8 Å². The second kappa shape index (κ2) is 8.70. The van der Waals surface area contributed by atoms with E-state index in [4.69, 9.17) is 20.9 Å². The Morgan fingerprint density at radius 1 is 1.19 bits per heavy atom. The Hall–Kier alpha value is -1.14. The minimum Gasteiger partial charge on any atom is -0.456 e. The van der Waals surface area contributed by atoms with Gasteiger partial charge in [-0.15, -0.1) is 0 Å². The Morgan fingerprint density at radius 3 is 2.42 bits per heavy atom. The zero-order valence-corrected chi connectivity index (χ0v) is 15.0. The maximum Gasteiger partial charge on any atom is 0.302 e. The number of aliphatic hydroxyl groups excluding tert-OH is 5. The molecule has 2 aliphatic rings. The van der Waals surface area contributed by atoms with Gasteiger partial charge in [0.15, 0.2) is 6.10 Å². The van der Waals surface area contributed by atoms with Crippen molar-refractivity contribution in [3.05, 3.63) is 11.6 Å². The maximum absolute atomic E-state index is 10.4. The third-order valence-corrected chi connectivity index (χ3v) is 4.78. The Bertz CT molecular complexity index is 504. The molecule has 0 radical (unpaired) electrons. The second-order valence-corrected chi connectivity index (χ2v) is 7.39. The van der Waals surface area contributed by atoms with E-state index in [2.05, 4.69) is 5.32 Å². The van der Waals surface area contributed by atoms with Gasteiger partial charge in [0.2, 0.25) is 0 Å². The summed E-state index contributed by atoms with van der Waals surface area (Å²) in [7, 11) is 0. The van der Waals surface area contributed by atoms with Crippen LogP contribution >= 0.6 is 0 Å². The average molecular weight is 377 g/mol. The van der Waals surface area contributed by atoms with Crippen molar-refractivity contribution in [3.8, 4) is 0 Å². The molecule has 4 unspecified atom stereocenters. The van der Waals surface area contributed by atoms with E-state index in [9.17, 15) is 25.5 Å². The molecule has 1 aliphatic carbocycles. The molecular weight excluding hydrogens is 346 g/mol. The van der Waals surface area contributed by atoms with Crippen molar-refractivity contribution in [2.75, 3.05) is 13.2 Å². The quantitative estimate of drug-likeness (QED) is 0.233. The Morgan fingerprint density at radius 2 is 1.85 bits per heavy atom. The first-order valence-electron chi connectivity index (χ1n) is 8.82. The molecule has 1 heterocycles. The van der Waals surface area contributed by atoms with E-state index in [1.165, 1.54) is 0 Å². The summed E-state index contributed by atoms with van der Waals surface area (Å²) in [6, 6.07) is -1.03. The van der Waals surface area contributed by atoms with Gasteiger partial charge in [-0.05, 0) is 18.9 Å². The summed E-state index contributed by atoms with van der Waals surface area (Å²) in [6.45, 7) is 4.15. The van der Waals surface area contributed by atoms with Crippen LogP contribution in [0.4, 0.5) is 0 Å². The van der Waals surface area contributed by atoms with Crippen LogP contribution in [0.15, 0.2) is 11.6 Å². The highest BCUT2D eigenvalue weighted by atomic mass is 16.7. The summed E-state index contributed by atoms with van der Waals surface area (Å²) in [5.41, 5.74) is 11.6. The van der Waals surface area contributed by atoms with E-state index < -0.39 is 55.3 Å². The van der Waals surface area contributed by atoms with E-state index in [0.29, 0.717) is 18.9 Å². The van der Waals surface area contributed by atoms with Gasteiger partial charge in [-0.2, -0.15) is 0 Å². The molecule has 10 heteroatoms. The lowest BCUT2D eigenvalue weighted by atomic mass is 9.84. The molecule has 10 N–H and O–H groups in total. The molecule has 0 amide bonds. The smallest absolute Gasteiger partial charge is 0.302 e. The van der Waals surface area contributed by atoms with Gasteiger partial charge in [-0.1, -0.05) is 13.8 Å². The molecule has 8 atom stereocenters. The SMILES string of the molecule is CC(C)CNC1CC(N)[C@@H](OC2=C(N)C(O)[C@H](O)C(CO)O2)[C@H](O)[C@@H]1O. The molecule has 0 spiro atoms. The number of ether oxygens (including phenoxy) is 2. The number of nitrogens with one attached hydrogen (secondary N) is 1. The second-order valence-electron chi connectivity index (χ2n) is 7.39. The summed E-state index contributed by atoms with van der Waals surface area (Å²) in [4.78, 5) is 0. The molecule has 0 bridgehead atoms. The molecule has 152 valence electrons. The predicted molar refractivity (Wildman–Crippen MR) is 91.3 cm³/mol. The summed E-state index contributed by atoms with van der Waals surface area (Å²) >= 11 is 0. The number of nitrogens with two attached hydrogens (primary N) is 2. The van der Waals surface area contributed by atoms with Crippen LogP contribution in [0.25, 0.3) is 0 Å². The largest absolute Gasteiger partial charge is 0.456 e. The highest BCUT2D eigenvalue weighted by molar-refractivity contribution is 5.14. The zero-order chi connectivity index (χ0) is 19.6. The Balaban J connectivity index is 2.09. The molecule has 0 saturated heterocycles. The van der Waals surface area contributed by atoms with E-state index in [0.717, 1.165) is 0 Å². The summed E-state index contributed by atoms with van der Waals surface area (Å²) in [6.07, 6.45) is -7.15. The van der Waals surface area contributed by atoms with Crippen LogP contribution in [-0.4, -0.2) is 87.4 Å². The van der Waals surface area contributed by atoms with Crippen molar-refractivity contribution in [2.45, 2.75) is 69.0 Å². The monoisotopic (exact) mass is 377 g/mol. The number of aliphatic hydroxyl groups is 5. The Labute approximate surface area is 152 Å². The average Bonchev–Trinajstić information content (AvgIpc) is 2.60. The molecule has 10 nitrogen and oxygen atoms in total. The first-order chi connectivity index (χ1) is 12.2. The minimum atomic E-state index is -1.49. The van der Waals surface area contributed by atoms with Crippen LogP contribution in [-0.2, 0) is 9.47 Å². The molecule has 1 aliphatic heterocycles. The molecule has 26 heavy (non-hydrogen) atoms. The third kappa shape index (κ3) is 4.39. The summed E-state index contributed by atoms with van der Waals surface area (Å²) < 4.78 is 10.8. The van der Waals surface area contributed by atoms with Gasteiger partial charge in [-0.25, -0.2) is 0 Å². The van der Waals surface area contributed by atoms with Gasteiger partial charge in [0.25, 0.3) is 0 Å². The fourth-order valence-corrected chi connectivity index (χ4v) is 3.15. The molecule has 0 aromatic rings. The van der Waals surface area contributed by atoms with E-state index in [-0.39, 0.29) is 11.6 Å². The summed E-state index contributed by atoms with van der Waals surface area (Å²) in [5.74, 6) is 0.0515. The fraction of sp³-hybridized carbons (Fsp3) is 0.875. The van der Waals surface area contributed by atoms with Crippen LogP contribution in [0.5, 0.6) is 0 Å². The lowest BCUT2D eigenvalue weighted by Gasteiger charge is -2.43. The maximum atomic E-state index is 10.4. The van der Waals surface area contributed by atoms with Crippen LogP contribution in [0.2, 0.25) is 0 Å². The van der Waals surface area contributed by atoms with Crippen molar-refractivity contribution in [1.29, 1.82) is 0 Å². The predicted octanol–water partition coefficient (Wildman–Crippen LogP) is -3.32. The molecular formula is C16H31N3O7. The lowest BCUT2D eigenvalue weighted by Crippen LogP contribution is -2.63. The van der Waals surface area contributed by atoms with Crippen molar-refractivity contribution >= 4 is 0 Å². The normalized spacial score (nSPS) is 41.3. The van der Waals surface area contributed by atoms with Gasteiger partial charge in [0, 0.05) is 12.1 Å². The standard InChI is InChI=1S/C16H31N3O7/c1-6(2)4-19-8-3-7(17)15(14(24)11(8)21)26-16-10(18)13(23)12(22)9(5-20)25-16/h6-9,11-15,19-24H,3-5,17-18H2,1-2H3/t7?,8?,9?,11-,12-,13?,14-,15-/m1/s1. The molecule has 2 rings (SSSR count). The van der Waals surface area contributed by atoms with Crippen molar-refractivity contribution in [1.82, 2.24) is 5.32 Å². The van der Waals surface area contributed by atoms with Gasteiger partial charge >= 0.3 is 5.95 Å². The number of rotatable bonds is 6. The first-order valence-corrected chi connectivity index (χ1v) is 8.82. The van der Waals surface area contributed by atoms with Crippen LogP contribution in [0, 0.1) is 5.92 Å². The highest BCUT2D eigenvalue weighted by Crippen LogP contribution is 2.29. The third-order valence-electron chi connectivity index (χ3n) is 4.78. The van der Waals surface area contributed by atoms with Crippen LogP contribution in [0.3, 0.4) is 0 Å². The van der Waals surface area contributed by atoms with Gasteiger partial charge < -0.3 is 51.8 Å². The van der Waals surface area contributed by atoms with Gasteiger partial charge in [-0.3, -0.25) is 0 Å². The van der Waals surface area contributed by atoms with E-state index in [1.807, 2.05) is 13.8 Å². The van der Waals surface area contributed by atoms with Gasteiger partial charge in [0.05, 0.1) is 12.7 Å². The number of hydrogen-bond donors (Lipinski definition) is 8. The fourth-order valence-electron chi connectivity index (χ4n) is 3.15. The van der Waals surface area contributed by atoms with Crippen molar-refractivity contribution in [3.63, 3.8) is 0 Å². The number of hydrogen-bond acceptors (Lipinski definition) is 10. The first kappa shape index (κ1) is 21.2. The highest BCUT2D eigenvalue weighted by Gasteiger charge is 2.46. The topological polar surface area (TPSA) is 184 Å². The van der Waals surface area contributed by atoms with Crippen molar-refractivity contribution in [2.24, 2.45) is 17.4 Å². The molecule has 0 aromatic carbocycles. The Kier molecular flexibility index (Phi) is 7.08. The van der Waals surface area contributed by atoms with Crippen molar-refractivity contribution < 1.29 is 35.0 Å². The zero-order valence-electron chi connectivity index (χ0n) is 15.0. The molecule has 1 saturated carbocycles. The van der Waals surface area contributed by atoms with Gasteiger partial charge in [0.1, 0.15) is 30.1 Å². The van der Waals surface area contributed by atoms with E-state index >= 15 is 0 Å². The van der Waals surface area contributed by atoms with Crippen LogP contribution in [0.1, 0.15) is 20.3 Å². The summed E-state index contributed by atoms with van der Waals surface area (Å²) in [5, 5.41) is 52.9. The molecule has 0 aromatic heterocycles. The van der Waals surface area contributed by atoms with E-state index in [1.54, 1.807) is 0 Å². The molecule has 1 fully saturated rings.